The van der Waals surface area contributed by atoms with Gasteiger partial charge in [0.1, 0.15) is 23.0 Å². The molecule has 26 heavy (non-hydrogen) atoms. The van der Waals surface area contributed by atoms with Gasteiger partial charge < -0.3 is 19.7 Å². The molecular weight excluding hydrogens is 340 g/mol. The van der Waals surface area contributed by atoms with Gasteiger partial charge in [-0.1, -0.05) is 6.07 Å². The summed E-state index contributed by atoms with van der Waals surface area (Å²) in [5.41, 5.74) is 0.599. The maximum atomic E-state index is 12.3. The van der Waals surface area contributed by atoms with E-state index in [0.29, 0.717) is 5.56 Å². The number of phenols is 2. The lowest BCUT2D eigenvalue weighted by Gasteiger charge is -2.08. The second-order valence-corrected chi connectivity index (χ2v) is 5.58. The Morgan fingerprint density at radius 1 is 0.846 bits per heavy atom. The lowest BCUT2D eigenvalue weighted by Crippen LogP contribution is -2.04. The summed E-state index contributed by atoms with van der Waals surface area (Å²) in [6.07, 6.45) is 0.275. The Balaban J connectivity index is 2.04. The van der Waals surface area contributed by atoms with Gasteiger partial charge in [-0.2, -0.15) is 0 Å². The number of carbonyl (C=O) groups is 3. The molecule has 7 heteroatoms. The van der Waals surface area contributed by atoms with Crippen molar-refractivity contribution in [1.29, 1.82) is 0 Å². The Morgan fingerprint density at radius 3 is 1.88 bits per heavy atom. The summed E-state index contributed by atoms with van der Waals surface area (Å²) in [7, 11) is 0. The molecule has 0 unspecified atom stereocenters. The Morgan fingerprint density at radius 2 is 1.38 bits per heavy atom. The minimum absolute atomic E-state index is 0.0426. The molecule has 0 saturated carbocycles. The number of aromatic hydroxyl groups is 2. The Labute approximate surface area is 149 Å². The number of Topliss-reactive ketones (excluding diaryl/α,β-unsaturated/α-hetero) is 1. The van der Waals surface area contributed by atoms with Crippen molar-refractivity contribution in [2.24, 2.45) is 0 Å². The third-order valence-electron chi connectivity index (χ3n) is 3.47. The highest BCUT2D eigenvalue weighted by Gasteiger charge is 2.14. The van der Waals surface area contributed by atoms with Crippen LogP contribution in [0.5, 0.6) is 23.0 Å². The van der Waals surface area contributed by atoms with Crippen LogP contribution in [0.1, 0.15) is 36.2 Å². The molecule has 0 spiro atoms. The van der Waals surface area contributed by atoms with E-state index < -0.39 is 11.9 Å². The van der Waals surface area contributed by atoms with Crippen molar-refractivity contribution in [3.63, 3.8) is 0 Å². The summed E-state index contributed by atoms with van der Waals surface area (Å²) in [6, 6.07) is 8.36. The molecule has 2 N–H and O–H groups in total. The number of carbonyl (C=O) groups excluding carboxylic acids is 3. The van der Waals surface area contributed by atoms with E-state index in [9.17, 15) is 24.6 Å². The van der Waals surface area contributed by atoms with Crippen LogP contribution in [-0.4, -0.2) is 27.9 Å². The summed E-state index contributed by atoms with van der Waals surface area (Å²) >= 11 is 0. The first-order valence-electron chi connectivity index (χ1n) is 7.81. The van der Waals surface area contributed by atoms with Crippen molar-refractivity contribution in [3.05, 3.63) is 47.5 Å². The van der Waals surface area contributed by atoms with Crippen molar-refractivity contribution in [3.8, 4) is 23.0 Å². The number of aryl methyl sites for hydroxylation is 1. The van der Waals surface area contributed by atoms with E-state index in [1.807, 2.05) is 0 Å². The predicted octanol–water partition coefficient (Wildman–Crippen LogP) is 2.76. The van der Waals surface area contributed by atoms with Crippen LogP contribution in [0.2, 0.25) is 0 Å². The third kappa shape index (κ3) is 5.07. The van der Waals surface area contributed by atoms with Crippen molar-refractivity contribution in [1.82, 2.24) is 0 Å². The molecule has 0 aliphatic heterocycles. The monoisotopic (exact) mass is 358 g/mol. The van der Waals surface area contributed by atoms with Crippen LogP contribution in [0.15, 0.2) is 36.4 Å². The molecule has 136 valence electrons. The first-order valence-corrected chi connectivity index (χ1v) is 7.81. The fourth-order valence-corrected chi connectivity index (χ4v) is 2.34. The molecule has 0 aromatic heterocycles. The summed E-state index contributed by atoms with van der Waals surface area (Å²) in [4.78, 5) is 34.1. The molecule has 0 fully saturated rings. The fraction of sp³-hybridized carbons (Fsp3) is 0.211. The summed E-state index contributed by atoms with van der Waals surface area (Å²) in [5.74, 6) is -1.39. The molecule has 0 bridgehead atoms. The maximum absolute atomic E-state index is 12.3. The maximum Gasteiger partial charge on any atom is 0.308 e. The largest absolute Gasteiger partial charge is 0.508 e. The Kier molecular flexibility index (Phi) is 5.95. The molecule has 0 aliphatic carbocycles. The zero-order valence-electron chi connectivity index (χ0n) is 14.3. The summed E-state index contributed by atoms with van der Waals surface area (Å²) < 4.78 is 9.70. The molecule has 0 radical (unpaired) electrons. The predicted molar refractivity (Wildman–Crippen MR) is 91.5 cm³/mol. The zero-order valence-corrected chi connectivity index (χ0v) is 14.3. The average Bonchev–Trinajstić information content (AvgIpc) is 2.52. The molecule has 2 aromatic rings. The number of esters is 2. The second-order valence-electron chi connectivity index (χ2n) is 5.58. The van der Waals surface area contributed by atoms with Gasteiger partial charge in [0, 0.05) is 32.4 Å². The van der Waals surface area contributed by atoms with E-state index in [-0.39, 0.29) is 47.2 Å². The van der Waals surface area contributed by atoms with Crippen LogP contribution >= 0.6 is 0 Å². The van der Waals surface area contributed by atoms with Gasteiger partial charge in [-0.3, -0.25) is 14.4 Å². The number of hydrogen-bond acceptors (Lipinski definition) is 7. The van der Waals surface area contributed by atoms with Gasteiger partial charge in [-0.05, 0) is 30.2 Å². The molecule has 0 atom stereocenters. The van der Waals surface area contributed by atoms with Crippen molar-refractivity contribution >= 4 is 17.7 Å². The third-order valence-corrected chi connectivity index (χ3v) is 3.47. The van der Waals surface area contributed by atoms with Crippen molar-refractivity contribution < 1.29 is 34.1 Å². The van der Waals surface area contributed by atoms with Crippen molar-refractivity contribution in [2.45, 2.75) is 26.7 Å². The summed E-state index contributed by atoms with van der Waals surface area (Å²) in [6.45, 7) is 2.48. The van der Waals surface area contributed by atoms with Gasteiger partial charge in [0.25, 0.3) is 0 Å². The van der Waals surface area contributed by atoms with E-state index in [1.165, 1.54) is 44.2 Å². The standard InChI is InChI=1S/C19H18O7/c1-11(20)25-14-5-3-13(18(23)9-14)4-8-17(22)16-7-6-15(10-19(16)24)26-12(2)21/h3,5-7,9-10,23-24H,4,8H2,1-2H3. The van der Waals surface area contributed by atoms with Gasteiger partial charge in [-0.25, -0.2) is 0 Å². The second kappa shape index (κ2) is 8.15. The molecule has 0 heterocycles. The molecule has 2 aromatic carbocycles. The topological polar surface area (TPSA) is 110 Å². The van der Waals surface area contributed by atoms with Gasteiger partial charge >= 0.3 is 11.9 Å². The van der Waals surface area contributed by atoms with E-state index in [1.54, 1.807) is 6.07 Å². The minimum Gasteiger partial charge on any atom is -0.508 e. The number of ketones is 1. The van der Waals surface area contributed by atoms with Crippen LogP contribution in [-0.2, 0) is 16.0 Å². The van der Waals surface area contributed by atoms with E-state index in [0.717, 1.165) is 0 Å². The Bertz CT molecular complexity index is 855. The number of benzene rings is 2. The van der Waals surface area contributed by atoms with Crippen LogP contribution in [0.3, 0.4) is 0 Å². The van der Waals surface area contributed by atoms with Crippen LogP contribution < -0.4 is 9.47 Å². The molecule has 2 rings (SSSR count). The van der Waals surface area contributed by atoms with Gasteiger partial charge in [-0.15, -0.1) is 0 Å². The molecule has 7 nitrogen and oxygen atoms in total. The average molecular weight is 358 g/mol. The number of rotatable bonds is 6. The lowest BCUT2D eigenvalue weighted by atomic mass is 10.0. The van der Waals surface area contributed by atoms with E-state index >= 15 is 0 Å². The molecule has 0 aliphatic rings. The van der Waals surface area contributed by atoms with Crippen LogP contribution in [0.4, 0.5) is 0 Å². The minimum atomic E-state index is -0.531. The highest BCUT2D eigenvalue weighted by atomic mass is 16.5. The SMILES string of the molecule is CC(=O)Oc1ccc(CCC(=O)c2ccc(OC(C)=O)cc2O)c(O)c1. The lowest BCUT2D eigenvalue weighted by molar-refractivity contribution is -0.132. The van der Waals surface area contributed by atoms with Crippen LogP contribution in [0, 0.1) is 0 Å². The van der Waals surface area contributed by atoms with Crippen molar-refractivity contribution in [2.75, 3.05) is 0 Å². The smallest absolute Gasteiger partial charge is 0.308 e. The number of ether oxygens (including phenoxy) is 2. The first-order chi connectivity index (χ1) is 12.3. The normalized spacial score (nSPS) is 10.2. The Hall–Kier alpha value is -3.35. The highest BCUT2D eigenvalue weighted by molar-refractivity contribution is 5.99. The first kappa shape index (κ1) is 19.0. The van der Waals surface area contributed by atoms with Gasteiger partial charge in [0.15, 0.2) is 5.78 Å². The van der Waals surface area contributed by atoms with Gasteiger partial charge in [0.05, 0.1) is 5.56 Å². The van der Waals surface area contributed by atoms with Crippen LogP contribution in [0.25, 0.3) is 0 Å². The molecule has 0 saturated heterocycles. The number of phenolic OH excluding ortho intramolecular Hbond substituents is 2. The zero-order chi connectivity index (χ0) is 19.3. The van der Waals surface area contributed by atoms with E-state index in [2.05, 4.69) is 0 Å². The highest BCUT2D eigenvalue weighted by Crippen LogP contribution is 2.28. The van der Waals surface area contributed by atoms with E-state index in [4.69, 9.17) is 9.47 Å². The number of hydrogen-bond donors (Lipinski definition) is 2. The fourth-order valence-electron chi connectivity index (χ4n) is 2.34. The summed E-state index contributed by atoms with van der Waals surface area (Å²) in [5, 5.41) is 19.9. The molecular formula is C19H18O7. The molecule has 0 amide bonds. The van der Waals surface area contributed by atoms with Gasteiger partial charge in [0.2, 0.25) is 0 Å². The quantitative estimate of drug-likeness (QED) is 0.464.